The molecule has 0 aromatic heterocycles. The maximum absolute atomic E-state index is 12.6. The van der Waals surface area contributed by atoms with Crippen molar-refractivity contribution in [2.45, 2.75) is 13.3 Å². The van der Waals surface area contributed by atoms with Gasteiger partial charge in [-0.05, 0) is 42.8 Å². The fraction of sp³-hybridized carbons (Fsp3) is 0.250. The van der Waals surface area contributed by atoms with Crippen LogP contribution in [0.3, 0.4) is 0 Å². The Hall–Kier alpha value is -2.86. The second-order valence-corrected chi connectivity index (χ2v) is 6.83. The van der Waals surface area contributed by atoms with E-state index in [9.17, 15) is 14.4 Å². The lowest BCUT2D eigenvalue weighted by Gasteiger charge is -2.19. The molecule has 27 heavy (non-hydrogen) atoms. The summed E-state index contributed by atoms with van der Waals surface area (Å²) in [6.07, 6.45) is 0.120. The number of aryl methyl sites for hydroxylation is 1. The van der Waals surface area contributed by atoms with Gasteiger partial charge in [-0.1, -0.05) is 23.7 Å². The first kappa shape index (κ1) is 18.9. The van der Waals surface area contributed by atoms with Gasteiger partial charge in [-0.2, -0.15) is 0 Å². The van der Waals surface area contributed by atoms with E-state index in [0.717, 1.165) is 11.3 Å². The second-order valence-electron chi connectivity index (χ2n) is 6.40. The van der Waals surface area contributed by atoms with Crippen molar-refractivity contribution in [1.82, 2.24) is 0 Å². The van der Waals surface area contributed by atoms with Crippen molar-refractivity contribution >= 4 is 40.8 Å². The van der Waals surface area contributed by atoms with E-state index >= 15 is 0 Å². The van der Waals surface area contributed by atoms with Gasteiger partial charge in [0.25, 0.3) is 0 Å². The van der Waals surface area contributed by atoms with Crippen LogP contribution < -0.4 is 10.2 Å². The summed E-state index contributed by atoms with van der Waals surface area (Å²) in [6, 6.07) is 11.8. The van der Waals surface area contributed by atoms with E-state index in [4.69, 9.17) is 11.6 Å². The molecule has 3 rings (SSSR count). The van der Waals surface area contributed by atoms with E-state index in [1.54, 1.807) is 41.3 Å². The van der Waals surface area contributed by atoms with Gasteiger partial charge in [0.05, 0.1) is 18.6 Å². The number of esters is 1. The quantitative estimate of drug-likeness (QED) is 0.817. The van der Waals surface area contributed by atoms with Crippen molar-refractivity contribution in [3.63, 3.8) is 0 Å². The molecular weight excluding hydrogens is 368 g/mol. The molecule has 140 valence electrons. The number of methoxy groups -OCH3 is 1. The molecule has 2 amide bonds. The third kappa shape index (κ3) is 4.11. The van der Waals surface area contributed by atoms with Crippen LogP contribution in [0.5, 0.6) is 0 Å². The first-order valence-electron chi connectivity index (χ1n) is 8.45. The van der Waals surface area contributed by atoms with Crippen molar-refractivity contribution in [2.24, 2.45) is 5.92 Å². The van der Waals surface area contributed by atoms with Crippen molar-refractivity contribution in [3.05, 3.63) is 58.6 Å². The smallest absolute Gasteiger partial charge is 0.337 e. The zero-order valence-corrected chi connectivity index (χ0v) is 15.7. The molecule has 6 nitrogen and oxygen atoms in total. The van der Waals surface area contributed by atoms with Crippen molar-refractivity contribution in [2.75, 3.05) is 23.9 Å². The lowest BCUT2D eigenvalue weighted by Crippen LogP contribution is -2.28. The van der Waals surface area contributed by atoms with E-state index in [1.165, 1.54) is 7.11 Å². The van der Waals surface area contributed by atoms with Gasteiger partial charge in [0.15, 0.2) is 0 Å². The van der Waals surface area contributed by atoms with Crippen LogP contribution >= 0.6 is 11.6 Å². The minimum atomic E-state index is -0.488. The van der Waals surface area contributed by atoms with Crippen LogP contribution in [0.15, 0.2) is 42.5 Å². The number of benzene rings is 2. The highest BCUT2D eigenvalue weighted by Crippen LogP contribution is 2.30. The summed E-state index contributed by atoms with van der Waals surface area (Å²) in [5.74, 6) is -1.36. The predicted molar refractivity (Wildman–Crippen MR) is 103 cm³/mol. The molecule has 1 fully saturated rings. The Morgan fingerprint density at radius 3 is 2.74 bits per heavy atom. The molecule has 1 unspecified atom stereocenters. The monoisotopic (exact) mass is 386 g/mol. The number of nitrogens with one attached hydrogen (secondary N) is 1. The number of hydrogen-bond acceptors (Lipinski definition) is 4. The number of halogens is 1. The van der Waals surface area contributed by atoms with Gasteiger partial charge in [-0.15, -0.1) is 0 Å². The van der Waals surface area contributed by atoms with Crippen molar-refractivity contribution < 1.29 is 19.1 Å². The molecule has 0 bridgehead atoms. The van der Waals surface area contributed by atoms with Gasteiger partial charge in [0.2, 0.25) is 11.8 Å². The third-order valence-electron chi connectivity index (χ3n) is 4.51. The first-order chi connectivity index (χ1) is 12.9. The number of hydrogen-bond donors (Lipinski definition) is 1. The van der Waals surface area contributed by atoms with Gasteiger partial charge >= 0.3 is 5.97 Å². The molecule has 1 heterocycles. The number of rotatable bonds is 4. The summed E-state index contributed by atoms with van der Waals surface area (Å²) in [4.78, 5) is 38.2. The molecule has 2 aromatic rings. The second kappa shape index (κ2) is 7.80. The summed E-state index contributed by atoms with van der Waals surface area (Å²) >= 11 is 6.05. The molecule has 0 spiro atoms. The first-order valence-corrected chi connectivity index (χ1v) is 8.82. The zero-order valence-electron chi connectivity index (χ0n) is 15.0. The van der Waals surface area contributed by atoms with Gasteiger partial charge in [0.1, 0.15) is 0 Å². The third-order valence-corrected chi connectivity index (χ3v) is 4.74. The van der Waals surface area contributed by atoms with E-state index in [1.807, 2.05) is 13.0 Å². The highest BCUT2D eigenvalue weighted by atomic mass is 35.5. The highest BCUT2D eigenvalue weighted by Gasteiger charge is 2.35. The van der Waals surface area contributed by atoms with Crippen LogP contribution in [0.4, 0.5) is 11.4 Å². The van der Waals surface area contributed by atoms with Crippen LogP contribution in [0.25, 0.3) is 0 Å². The van der Waals surface area contributed by atoms with Gasteiger partial charge in [-0.25, -0.2) is 4.79 Å². The average Bonchev–Trinajstić information content (AvgIpc) is 3.05. The van der Waals surface area contributed by atoms with E-state index < -0.39 is 11.9 Å². The van der Waals surface area contributed by atoms with Crippen LogP contribution in [-0.4, -0.2) is 31.4 Å². The molecule has 7 heteroatoms. The summed E-state index contributed by atoms with van der Waals surface area (Å²) < 4.78 is 4.68. The van der Waals surface area contributed by atoms with Gasteiger partial charge in [0, 0.05) is 29.4 Å². The SMILES string of the molecule is COC(=O)c1cccc(NC(=O)C2CC(=O)N(c3cc(Cl)ccc3C)C2)c1. The van der Waals surface area contributed by atoms with Crippen LogP contribution in [0.2, 0.25) is 5.02 Å². The molecule has 1 atom stereocenters. The Balaban J connectivity index is 1.73. The fourth-order valence-corrected chi connectivity index (χ4v) is 3.24. The van der Waals surface area contributed by atoms with Crippen LogP contribution in [0.1, 0.15) is 22.3 Å². The summed E-state index contributed by atoms with van der Waals surface area (Å²) in [5, 5.41) is 3.31. The molecular formula is C20H19ClN2O4. The Kier molecular flexibility index (Phi) is 5.46. The molecule has 0 saturated carbocycles. The standard InChI is InChI=1S/C20H19ClN2O4/c1-12-6-7-15(21)10-17(12)23-11-14(9-18(23)24)19(25)22-16-5-3-4-13(8-16)20(26)27-2/h3-8,10,14H,9,11H2,1-2H3,(H,22,25). The molecule has 1 aliphatic rings. The van der Waals surface area contributed by atoms with E-state index in [-0.39, 0.29) is 24.8 Å². The average molecular weight is 387 g/mol. The van der Waals surface area contributed by atoms with Crippen LogP contribution in [-0.2, 0) is 14.3 Å². The summed E-state index contributed by atoms with van der Waals surface area (Å²) in [6.45, 7) is 2.17. The fourth-order valence-electron chi connectivity index (χ4n) is 3.08. The molecule has 0 radical (unpaired) electrons. The van der Waals surface area contributed by atoms with Crippen molar-refractivity contribution in [3.8, 4) is 0 Å². The Morgan fingerprint density at radius 1 is 1.22 bits per heavy atom. The Labute approximate surface area is 162 Å². The minimum Gasteiger partial charge on any atom is -0.465 e. The number of amides is 2. The largest absolute Gasteiger partial charge is 0.465 e. The Bertz CT molecular complexity index is 913. The van der Waals surface area contributed by atoms with Crippen molar-refractivity contribution in [1.29, 1.82) is 0 Å². The number of nitrogens with zero attached hydrogens (tertiary/aromatic N) is 1. The van der Waals surface area contributed by atoms with Crippen LogP contribution in [0, 0.1) is 12.8 Å². The predicted octanol–water partition coefficient (Wildman–Crippen LogP) is 3.43. The summed E-state index contributed by atoms with van der Waals surface area (Å²) in [5.41, 5.74) is 2.46. The normalized spacial score (nSPS) is 16.3. The number of carbonyl (C=O) groups is 3. The number of anilines is 2. The minimum absolute atomic E-state index is 0.120. The maximum Gasteiger partial charge on any atom is 0.337 e. The van der Waals surface area contributed by atoms with E-state index in [2.05, 4.69) is 10.1 Å². The summed E-state index contributed by atoms with van der Waals surface area (Å²) in [7, 11) is 1.30. The maximum atomic E-state index is 12.6. The molecule has 2 aromatic carbocycles. The molecule has 1 aliphatic heterocycles. The van der Waals surface area contributed by atoms with Gasteiger partial charge in [-0.3, -0.25) is 9.59 Å². The highest BCUT2D eigenvalue weighted by molar-refractivity contribution is 6.31. The molecule has 0 aliphatic carbocycles. The molecule has 1 N–H and O–H groups in total. The van der Waals surface area contributed by atoms with E-state index in [0.29, 0.717) is 16.3 Å². The topological polar surface area (TPSA) is 75.7 Å². The number of ether oxygens (including phenoxy) is 1. The zero-order chi connectivity index (χ0) is 19.6. The number of carbonyl (C=O) groups excluding carboxylic acids is 3. The Morgan fingerprint density at radius 2 is 2.00 bits per heavy atom. The molecule has 1 saturated heterocycles. The lowest BCUT2D eigenvalue weighted by atomic mass is 10.1. The van der Waals surface area contributed by atoms with Gasteiger partial charge < -0.3 is 15.0 Å². The lowest BCUT2D eigenvalue weighted by molar-refractivity contribution is -0.122.